The minimum Gasteiger partial charge on any atom is -0.508 e. The van der Waals surface area contributed by atoms with Gasteiger partial charge in [-0.2, -0.15) is 0 Å². The van der Waals surface area contributed by atoms with Crippen molar-refractivity contribution in [2.24, 2.45) is 0 Å². The average molecular weight is 289 g/mol. The van der Waals surface area contributed by atoms with E-state index in [2.05, 4.69) is 9.97 Å². The lowest BCUT2D eigenvalue weighted by Gasteiger charge is -2.07. The van der Waals surface area contributed by atoms with Crippen molar-refractivity contribution in [3.05, 3.63) is 40.2 Å². The molecule has 0 radical (unpaired) electrons. The molecule has 0 spiro atoms. The maximum atomic E-state index is 12.0. The zero-order valence-corrected chi connectivity index (χ0v) is 11.4. The van der Waals surface area contributed by atoms with Gasteiger partial charge in [-0.3, -0.25) is 9.59 Å². The first-order chi connectivity index (χ1) is 10.0. The summed E-state index contributed by atoms with van der Waals surface area (Å²) < 4.78 is 4.78. The van der Waals surface area contributed by atoms with Gasteiger partial charge in [0.2, 0.25) is 0 Å². The average Bonchev–Trinajstić information content (AvgIpc) is 2.43. The number of phenolic OH excluding ortho intramolecular Hbond substituents is 1. The number of ether oxygens (including phenoxy) is 1. The van der Waals surface area contributed by atoms with E-state index in [0.29, 0.717) is 5.56 Å². The highest BCUT2D eigenvalue weighted by molar-refractivity contribution is 5.74. The van der Waals surface area contributed by atoms with Crippen LogP contribution in [0, 0.1) is 0 Å². The summed E-state index contributed by atoms with van der Waals surface area (Å²) in [7, 11) is 0. The molecule has 0 saturated carbocycles. The molecule has 0 bridgehead atoms. The first-order valence-electron chi connectivity index (χ1n) is 6.35. The summed E-state index contributed by atoms with van der Waals surface area (Å²) in [6, 6.07) is 6.23. The van der Waals surface area contributed by atoms with Gasteiger partial charge >= 0.3 is 5.97 Å². The van der Waals surface area contributed by atoms with Gasteiger partial charge in [0.25, 0.3) is 5.56 Å². The van der Waals surface area contributed by atoms with Gasteiger partial charge in [0.05, 0.1) is 18.6 Å². The Morgan fingerprint density at radius 3 is 2.86 bits per heavy atom. The van der Waals surface area contributed by atoms with E-state index in [1.54, 1.807) is 19.1 Å². The third-order valence-corrected chi connectivity index (χ3v) is 2.79. The van der Waals surface area contributed by atoms with Gasteiger partial charge in [-0.25, -0.2) is 4.98 Å². The molecule has 2 aromatic rings. The number of H-pyrrole nitrogens is 1. The molecule has 0 saturated heterocycles. The fourth-order valence-corrected chi connectivity index (χ4v) is 1.83. The van der Waals surface area contributed by atoms with E-state index in [4.69, 9.17) is 10.5 Å². The Balaban J connectivity index is 2.37. The van der Waals surface area contributed by atoms with Crippen molar-refractivity contribution in [3.8, 4) is 17.1 Å². The minimum absolute atomic E-state index is 0.0369. The molecule has 0 atom stereocenters. The topological polar surface area (TPSA) is 118 Å². The molecule has 0 fully saturated rings. The number of aromatic nitrogens is 2. The van der Waals surface area contributed by atoms with E-state index < -0.39 is 11.5 Å². The van der Waals surface area contributed by atoms with Gasteiger partial charge in [0.15, 0.2) is 0 Å². The second kappa shape index (κ2) is 6.08. The van der Waals surface area contributed by atoms with Crippen LogP contribution < -0.4 is 11.3 Å². The minimum atomic E-state index is -0.540. The highest BCUT2D eigenvalue weighted by Gasteiger charge is 2.14. The summed E-state index contributed by atoms with van der Waals surface area (Å²) in [5.74, 6) is -0.308. The number of carbonyl (C=O) groups excluding carboxylic acids is 1. The van der Waals surface area contributed by atoms with E-state index in [-0.39, 0.29) is 36.0 Å². The fraction of sp³-hybridized carbons (Fsp3) is 0.214. The van der Waals surface area contributed by atoms with Gasteiger partial charge in [-0.05, 0) is 19.1 Å². The number of aromatic amines is 1. The van der Waals surface area contributed by atoms with Crippen molar-refractivity contribution < 1.29 is 14.6 Å². The largest absolute Gasteiger partial charge is 0.508 e. The molecule has 21 heavy (non-hydrogen) atoms. The Hall–Kier alpha value is -2.83. The Morgan fingerprint density at radius 1 is 1.48 bits per heavy atom. The maximum Gasteiger partial charge on any atom is 0.310 e. The third-order valence-electron chi connectivity index (χ3n) is 2.79. The SMILES string of the molecule is CCOC(=O)Cc1c(N)nc(-c2cccc(O)c2)[nH]c1=O. The number of nitrogen functional groups attached to an aromatic ring is 1. The number of benzene rings is 1. The first kappa shape index (κ1) is 14.6. The molecule has 0 aliphatic carbocycles. The summed E-state index contributed by atoms with van der Waals surface area (Å²) in [4.78, 5) is 30.0. The number of nitrogens with two attached hydrogens (primary N) is 1. The van der Waals surface area contributed by atoms with Crippen LogP contribution in [0.3, 0.4) is 0 Å². The normalized spacial score (nSPS) is 10.3. The molecule has 4 N–H and O–H groups in total. The first-order valence-corrected chi connectivity index (χ1v) is 6.35. The molecule has 0 aliphatic rings. The van der Waals surface area contributed by atoms with Crippen LogP contribution in [-0.4, -0.2) is 27.7 Å². The Kier molecular flexibility index (Phi) is 4.22. The van der Waals surface area contributed by atoms with Gasteiger partial charge in [-0.1, -0.05) is 12.1 Å². The van der Waals surface area contributed by atoms with Crippen LogP contribution in [0.15, 0.2) is 29.1 Å². The molecule has 0 amide bonds. The highest BCUT2D eigenvalue weighted by Crippen LogP contribution is 2.20. The Bertz CT molecular complexity index is 724. The zero-order chi connectivity index (χ0) is 15.4. The van der Waals surface area contributed by atoms with Crippen molar-refractivity contribution in [2.75, 3.05) is 12.3 Å². The van der Waals surface area contributed by atoms with Crippen molar-refractivity contribution in [3.63, 3.8) is 0 Å². The number of rotatable bonds is 4. The summed E-state index contributed by atoms with van der Waals surface area (Å²) in [6.07, 6.45) is -0.234. The molecule has 7 heteroatoms. The van der Waals surface area contributed by atoms with E-state index in [0.717, 1.165) is 0 Å². The van der Waals surface area contributed by atoms with Crippen LogP contribution in [0.4, 0.5) is 5.82 Å². The van der Waals surface area contributed by atoms with Crippen LogP contribution in [0.5, 0.6) is 5.75 Å². The van der Waals surface area contributed by atoms with Gasteiger partial charge < -0.3 is 20.6 Å². The van der Waals surface area contributed by atoms with Crippen LogP contribution in [0.1, 0.15) is 12.5 Å². The highest BCUT2D eigenvalue weighted by atomic mass is 16.5. The summed E-state index contributed by atoms with van der Waals surface area (Å²) in [6.45, 7) is 1.90. The van der Waals surface area contributed by atoms with E-state index in [9.17, 15) is 14.7 Å². The van der Waals surface area contributed by atoms with Crippen molar-refractivity contribution in [1.29, 1.82) is 0 Å². The van der Waals surface area contributed by atoms with E-state index in [1.807, 2.05) is 0 Å². The molecule has 2 rings (SSSR count). The number of anilines is 1. The second-order valence-corrected chi connectivity index (χ2v) is 4.31. The zero-order valence-electron chi connectivity index (χ0n) is 11.4. The molecule has 110 valence electrons. The molecular weight excluding hydrogens is 274 g/mol. The third kappa shape index (κ3) is 3.38. The lowest BCUT2D eigenvalue weighted by Crippen LogP contribution is -2.22. The summed E-state index contributed by atoms with van der Waals surface area (Å²) in [5, 5.41) is 9.43. The molecular formula is C14H15N3O4. The Morgan fingerprint density at radius 2 is 2.24 bits per heavy atom. The number of aromatic hydroxyl groups is 1. The number of nitrogens with one attached hydrogen (secondary N) is 1. The lowest BCUT2D eigenvalue weighted by molar-refractivity contribution is -0.142. The van der Waals surface area contributed by atoms with Crippen LogP contribution >= 0.6 is 0 Å². The quantitative estimate of drug-likeness (QED) is 0.717. The second-order valence-electron chi connectivity index (χ2n) is 4.31. The molecule has 1 aromatic carbocycles. The van der Waals surface area contributed by atoms with Crippen LogP contribution in [0.25, 0.3) is 11.4 Å². The number of carbonyl (C=O) groups is 1. The number of hydrogen-bond donors (Lipinski definition) is 3. The lowest BCUT2D eigenvalue weighted by atomic mass is 10.1. The van der Waals surface area contributed by atoms with Crippen LogP contribution in [0.2, 0.25) is 0 Å². The monoisotopic (exact) mass is 289 g/mol. The number of phenols is 1. The van der Waals surface area contributed by atoms with Gasteiger partial charge in [0.1, 0.15) is 17.4 Å². The van der Waals surface area contributed by atoms with Crippen molar-refractivity contribution in [2.45, 2.75) is 13.3 Å². The number of esters is 1. The molecule has 1 aromatic heterocycles. The van der Waals surface area contributed by atoms with Gasteiger partial charge in [-0.15, -0.1) is 0 Å². The fourth-order valence-electron chi connectivity index (χ4n) is 1.83. The number of hydrogen-bond acceptors (Lipinski definition) is 6. The van der Waals surface area contributed by atoms with E-state index >= 15 is 0 Å². The number of nitrogens with zero attached hydrogens (tertiary/aromatic N) is 1. The molecule has 1 heterocycles. The van der Waals surface area contributed by atoms with E-state index in [1.165, 1.54) is 12.1 Å². The maximum absolute atomic E-state index is 12.0. The summed E-state index contributed by atoms with van der Waals surface area (Å²) in [5.41, 5.74) is 5.82. The molecule has 0 unspecified atom stereocenters. The Labute approximate surface area is 120 Å². The molecule has 7 nitrogen and oxygen atoms in total. The van der Waals surface area contributed by atoms with Crippen molar-refractivity contribution in [1.82, 2.24) is 9.97 Å². The van der Waals surface area contributed by atoms with Crippen molar-refractivity contribution >= 4 is 11.8 Å². The standard InChI is InChI=1S/C14H15N3O4/c1-2-21-11(19)7-10-12(15)16-13(17-14(10)20)8-4-3-5-9(18)6-8/h3-6,18H,2,7H2,1H3,(H3,15,16,17,20). The van der Waals surface area contributed by atoms with Gasteiger partial charge in [0, 0.05) is 5.56 Å². The van der Waals surface area contributed by atoms with Crippen LogP contribution in [-0.2, 0) is 16.0 Å². The summed E-state index contributed by atoms with van der Waals surface area (Å²) >= 11 is 0. The predicted octanol–water partition coefficient (Wildman–Crippen LogP) is 0.830. The predicted molar refractivity (Wildman–Crippen MR) is 76.7 cm³/mol. The smallest absolute Gasteiger partial charge is 0.310 e. The molecule has 0 aliphatic heterocycles.